The van der Waals surface area contributed by atoms with E-state index in [9.17, 15) is 29.7 Å². The fraction of sp³-hybridized carbons (Fsp3) is 0.516. The van der Waals surface area contributed by atoms with Gasteiger partial charge in [-0.15, -0.1) is 0 Å². The summed E-state index contributed by atoms with van der Waals surface area (Å²) in [5.74, 6) is -0.553. The van der Waals surface area contributed by atoms with E-state index < -0.39 is 30.2 Å². The molecule has 43 heavy (non-hydrogen) atoms. The molecular formula is C31H45N5O7. The maximum absolute atomic E-state index is 12.0. The van der Waals surface area contributed by atoms with Crippen molar-refractivity contribution in [3.8, 4) is 5.75 Å². The third-order valence-corrected chi connectivity index (χ3v) is 7.14. The molecule has 1 fully saturated rings. The van der Waals surface area contributed by atoms with Crippen LogP contribution in [-0.2, 0) is 29.1 Å². The number of hydrogen-bond acceptors (Lipinski definition) is 8. The van der Waals surface area contributed by atoms with Crippen molar-refractivity contribution < 1.29 is 34.4 Å². The molecule has 0 aliphatic carbocycles. The number of carbonyl (C=O) groups excluding carboxylic acids is 3. The summed E-state index contributed by atoms with van der Waals surface area (Å²) in [6.45, 7) is 3.13. The van der Waals surface area contributed by atoms with Gasteiger partial charge in [-0.3, -0.25) is 10.1 Å². The van der Waals surface area contributed by atoms with Crippen molar-refractivity contribution in [2.75, 3.05) is 26.3 Å². The van der Waals surface area contributed by atoms with Crippen LogP contribution in [0.3, 0.4) is 0 Å². The summed E-state index contributed by atoms with van der Waals surface area (Å²) >= 11 is 0. The zero-order chi connectivity index (χ0) is 30.9. The zero-order valence-corrected chi connectivity index (χ0v) is 24.6. The average Bonchev–Trinajstić information content (AvgIpc) is 3.32. The van der Waals surface area contributed by atoms with E-state index in [1.54, 1.807) is 12.1 Å². The lowest BCUT2D eigenvalue weighted by molar-refractivity contribution is -0.120. The van der Waals surface area contributed by atoms with Gasteiger partial charge >= 0.3 is 12.1 Å². The van der Waals surface area contributed by atoms with Gasteiger partial charge in [0.15, 0.2) is 6.17 Å². The zero-order valence-electron chi connectivity index (χ0n) is 24.6. The van der Waals surface area contributed by atoms with Gasteiger partial charge in [0.05, 0.1) is 12.7 Å². The number of imide groups is 1. The topological polar surface area (TPSA) is 181 Å². The fourth-order valence-electron chi connectivity index (χ4n) is 4.69. The van der Waals surface area contributed by atoms with Crippen molar-refractivity contribution in [2.45, 2.75) is 76.8 Å². The molecule has 1 aliphatic heterocycles. The van der Waals surface area contributed by atoms with Crippen molar-refractivity contribution >= 4 is 18.0 Å². The molecule has 0 bridgehead atoms. The molecular weight excluding hydrogens is 554 g/mol. The molecule has 12 nitrogen and oxygen atoms in total. The van der Waals surface area contributed by atoms with Gasteiger partial charge < -0.3 is 41.3 Å². The summed E-state index contributed by atoms with van der Waals surface area (Å²) in [6.07, 6.45) is 6.10. The molecule has 0 spiro atoms. The lowest BCUT2D eigenvalue weighted by atomic mass is 10.0. The number of hydrogen-bond donors (Lipinski definition) is 8. The number of unbranched alkanes of at least 4 members (excludes halogenated alkanes) is 4. The van der Waals surface area contributed by atoms with Crippen LogP contribution >= 0.6 is 0 Å². The summed E-state index contributed by atoms with van der Waals surface area (Å²) in [5, 5.41) is 42.0. The Balaban J connectivity index is 1.13. The molecule has 5 amide bonds. The maximum atomic E-state index is 12.0. The van der Waals surface area contributed by atoms with Crippen molar-refractivity contribution in [3.05, 3.63) is 64.7 Å². The van der Waals surface area contributed by atoms with Crippen LogP contribution in [-0.4, -0.2) is 65.8 Å². The van der Waals surface area contributed by atoms with Crippen LogP contribution < -0.4 is 26.6 Å². The molecule has 2 aromatic carbocycles. The Morgan fingerprint density at radius 2 is 1.72 bits per heavy atom. The standard InChI is InChI=1S/C31H45N5O7/c37-21-25-19-24(11-12-26(25)38)27(39)13-15-32-14-4-1-2-5-16-43-17-6-3-8-22-9-7-10-23(18-22)20-33-30(41)34-28-29(40)36-31(42)35-28/h7,9-12,18-19,27-28,32,37-39H,1-6,8,13-17,20-21H2,(H2,33,34,41)(H2,35,36,40,42). The minimum absolute atomic E-state index is 0.0368. The first-order valence-corrected chi connectivity index (χ1v) is 15.0. The maximum Gasteiger partial charge on any atom is 0.323 e. The summed E-state index contributed by atoms with van der Waals surface area (Å²) in [4.78, 5) is 34.6. The molecule has 1 aliphatic rings. The normalized spacial score (nSPS) is 15.2. The van der Waals surface area contributed by atoms with Gasteiger partial charge in [-0.1, -0.05) is 43.2 Å². The number of rotatable bonds is 20. The van der Waals surface area contributed by atoms with Crippen LogP contribution in [0, 0.1) is 0 Å². The minimum Gasteiger partial charge on any atom is -0.508 e. The second-order valence-electron chi connectivity index (χ2n) is 10.6. The molecule has 8 N–H and O–H groups in total. The first kappa shape index (κ1) is 33.8. The number of amides is 5. The molecule has 236 valence electrons. The fourth-order valence-corrected chi connectivity index (χ4v) is 4.69. The monoisotopic (exact) mass is 599 g/mol. The van der Waals surface area contributed by atoms with Crippen LogP contribution in [0.15, 0.2) is 42.5 Å². The minimum atomic E-state index is -1.07. The molecule has 2 unspecified atom stereocenters. The third kappa shape index (κ3) is 12.6. The lowest BCUT2D eigenvalue weighted by Gasteiger charge is -2.13. The van der Waals surface area contributed by atoms with Crippen LogP contribution in [0.2, 0.25) is 0 Å². The SMILES string of the molecule is O=C(NCc1cccc(CCCCOCCCCCCNCCC(O)c2ccc(O)c(CO)c2)c1)NC1NC(=O)NC1=O. The van der Waals surface area contributed by atoms with E-state index in [0.29, 0.717) is 30.6 Å². The first-order chi connectivity index (χ1) is 20.9. The number of nitrogens with one attached hydrogen (secondary N) is 5. The van der Waals surface area contributed by atoms with E-state index in [0.717, 1.165) is 70.3 Å². The highest BCUT2D eigenvalue weighted by Gasteiger charge is 2.30. The lowest BCUT2D eigenvalue weighted by Crippen LogP contribution is -2.50. The van der Waals surface area contributed by atoms with E-state index in [-0.39, 0.29) is 12.4 Å². The Bertz CT molecular complexity index is 1180. The summed E-state index contributed by atoms with van der Waals surface area (Å²) < 4.78 is 5.78. The van der Waals surface area contributed by atoms with Crippen molar-refractivity contribution in [1.29, 1.82) is 0 Å². The summed E-state index contributed by atoms with van der Waals surface area (Å²) in [7, 11) is 0. The second kappa shape index (κ2) is 18.7. The number of ether oxygens (including phenoxy) is 1. The first-order valence-electron chi connectivity index (χ1n) is 15.0. The van der Waals surface area contributed by atoms with Gasteiger partial charge in [0.2, 0.25) is 0 Å². The van der Waals surface area contributed by atoms with E-state index in [4.69, 9.17) is 4.74 Å². The molecule has 0 aromatic heterocycles. The van der Waals surface area contributed by atoms with Crippen LogP contribution in [0.25, 0.3) is 0 Å². The Hall–Kier alpha value is -3.71. The van der Waals surface area contributed by atoms with Crippen molar-refractivity contribution in [2.24, 2.45) is 0 Å². The molecule has 0 saturated carbocycles. The van der Waals surface area contributed by atoms with Crippen molar-refractivity contribution in [1.82, 2.24) is 26.6 Å². The molecule has 3 rings (SSSR count). The number of benzene rings is 2. The molecule has 12 heteroatoms. The highest BCUT2D eigenvalue weighted by molar-refractivity contribution is 6.05. The molecule has 2 atom stereocenters. The van der Waals surface area contributed by atoms with Gasteiger partial charge in [0, 0.05) is 25.3 Å². The van der Waals surface area contributed by atoms with Gasteiger partial charge in [-0.25, -0.2) is 9.59 Å². The predicted octanol–water partition coefficient (Wildman–Crippen LogP) is 2.46. The van der Waals surface area contributed by atoms with Gasteiger partial charge in [-0.05, 0) is 80.4 Å². The smallest absolute Gasteiger partial charge is 0.323 e. The Kier molecular flexibility index (Phi) is 14.7. The highest BCUT2D eigenvalue weighted by atomic mass is 16.5. The molecule has 1 heterocycles. The summed E-state index contributed by atoms with van der Waals surface area (Å²) in [5.41, 5.74) is 3.25. The summed E-state index contributed by atoms with van der Waals surface area (Å²) in [6, 6.07) is 11.6. The van der Waals surface area contributed by atoms with Gasteiger partial charge in [-0.2, -0.15) is 0 Å². The number of carbonyl (C=O) groups is 3. The van der Waals surface area contributed by atoms with Crippen LogP contribution in [0.5, 0.6) is 5.75 Å². The Morgan fingerprint density at radius 3 is 2.49 bits per heavy atom. The Labute approximate surface area is 252 Å². The quantitative estimate of drug-likeness (QED) is 0.0844. The molecule has 2 aromatic rings. The van der Waals surface area contributed by atoms with Gasteiger partial charge in [0.1, 0.15) is 5.75 Å². The molecule has 0 radical (unpaired) electrons. The van der Waals surface area contributed by atoms with Gasteiger partial charge in [0.25, 0.3) is 5.91 Å². The second-order valence-corrected chi connectivity index (χ2v) is 10.6. The number of aryl methyl sites for hydroxylation is 1. The predicted molar refractivity (Wildman–Crippen MR) is 161 cm³/mol. The largest absolute Gasteiger partial charge is 0.508 e. The number of aliphatic hydroxyl groups excluding tert-OH is 2. The number of phenols is 1. The number of urea groups is 2. The number of aliphatic hydroxyl groups is 2. The van der Waals surface area contributed by atoms with Crippen LogP contribution in [0.4, 0.5) is 9.59 Å². The average molecular weight is 600 g/mol. The Morgan fingerprint density at radius 1 is 0.953 bits per heavy atom. The van der Waals surface area contributed by atoms with Crippen LogP contribution in [0.1, 0.15) is 73.3 Å². The van der Waals surface area contributed by atoms with E-state index in [1.807, 2.05) is 18.2 Å². The molecule has 1 saturated heterocycles. The van der Waals surface area contributed by atoms with E-state index in [1.165, 1.54) is 11.6 Å². The van der Waals surface area contributed by atoms with E-state index in [2.05, 4.69) is 32.7 Å². The van der Waals surface area contributed by atoms with Crippen molar-refractivity contribution in [3.63, 3.8) is 0 Å². The van der Waals surface area contributed by atoms with E-state index >= 15 is 0 Å². The highest BCUT2D eigenvalue weighted by Crippen LogP contribution is 2.24. The third-order valence-electron chi connectivity index (χ3n) is 7.14. The number of aromatic hydroxyl groups is 1.